The molecule has 0 aromatic carbocycles. The van der Waals surface area contributed by atoms with Gasteiger partial charge in [0.15, 0.2) is 0 Å². The Hall–Kier alpha value is -1.87. The molecule has 0 radical (unpaired) electrons. The van der Waals surface area contributed by atoms with Crippen LogP contribution in [0.3, 0.4) is 0 Å². The van der Waals surface area contributed by atoms with Crippen LogP contribution in [0.15, 0.2) is 22.0 Å². The van der Waals surface area contributed by atoms with Crippen molar-refractivity contribution in [3.8, 4) is 0 Å². The monoisotopic (exact) mass is 365 g/mol. The van der Waals surface area contributed by atoms with E-state index >= 15 is 0 Å². The molecule has 3 rings (SSSR count). The van der Waals surface area contributed by atoms with Crippen LogP contribution in [0.5, 0.6) is 0 Å². The third kappa shape index (κ3) is 4.60. The molecule has 0 N–H and O–H groups in total. The Morgan fingerprint density at radius 1 is 1.48 bits per heavy atom. The molecule has 1 amide bonds. The fourth-order valence-electron chi connectivity index (χ4n) is 3.03. The Kier molecular flexibility index (Phi) is 6.09. The van der Waals surface area contributed by atoms with Crippen LogP contribution in [-0.4, -0.2) is 63.1 Å². The molecule has 0 saturated carbocycles. The highest BCUT2D eigenvalue weighted by molar-refractivity contribution is 7.99. The zero-order valence-corrected chi connectivity index (χ0v) is 15.4. The Morgan fingerprint density at radius 2 is 2.36 bits per heavy atom. The first-order valence-corrected chi connectivity index (χ1v) is 9.36. The van der Waals surface area contributed by atoms with Gasteiger partial charge in [0.05, 0.1) is 12.4 Å². The third-order valence-corrected chi connectivity index (χ3v) is 5.05. The zero-order chi connectivity index (χ0) is 17.6. The molecule has 0 bridgehead atoms. The molecule has 2 aromatic heterocycles. The molecular formula is C16H23N5O3S. The third-order valence-electron chi connectivity index (χ3n) is 4.25. The molecule has 1 atom stereocenters. The topological polar surface area (TPSA) is 86.3 Å². The van der Waals surface area contributed by atoms with Crippen LogP contribution in [0.1, 0.15) is 30.5 Å². The number of carbonyl (C=O) groups is 1. The molecule has 3 heterocycles. The lowest BCUT2D eigenvalue weighted by molar-refractivity contribution is -0.129. The van der Waals surface area contributed by atoms with Gasteiger partial charge in [-0.05, 0) is 12.8 Å². The highest BCUT2D eigenvalue weighted by atomic mass is 32.2. The van der Waals surface area contributed by atoms with Gasteiger partial charge < -0.3 is 18.6 Å². The number of hydrogen-bond acceptors (Lipinski definition) is 7. The minimum absolute atomic E-state index is 0.0977. The molecule has 0 unspecified atom stereocenters. The highest BCUT2D eigenvalue weighted by Crippen LogP contribution is 2.27. The number of carbonyl (C=O) groups excluding carboxylic acids is 1. The number of nitrogens with zero attached hydrogens (tertiary/aromatic N) is 5. The SMILES string of the molecule is COCCn1ccnc1[C@@H]1CCCN(C(=O)CSc2nnc(C)o2)C1. The van der Waals surface area contributed by atoms with E-state index in [9.17, 15) is 4.79 Å². The van der Waals surface area contributed by atoms with E-state index < -0.39 is 0 Å². The minimum atomic E-state index is 0.0977. The van der Waals surface area contributed by atoms with Crippen molar-refractivity contribution in [2.45, 2.75) is 37.5 Å². The van der Waals surface area contributed by atoms with E-state index in [1.165, 1.54) is 11.8 Å². The fourth-order valence-corrected chi connectivity index (χ4v) is 3.73. The van der Waals surface area contributed by atoms with E-state index in [0.717, 1.165) is 31.8 Å². The second-order valence-electron chi connectivity index (χ2n) is 6.03. The van der Waals surface area contributed by atoms with Crippen molar-refractivity contribution in [2.24, 2.45) is 0 Å². The maximum atomic E-state index is 12.5. The van der Waals surface area contributed by atoms with Crippen molar-refractivity contribution in [3.63, 3.8) is 0 Å². The van der Waals surface area contributed by atoms with E-state index in [1.54, 1.807) is 14.0 Å². The first-order chi connectivity index (χ1) is 12.2. The van der Waals surface area contributed by atoms with Crippen molar-refractivity contribution in [1.82, 2.24) is 24.6 Å². The minimum Gasteiger partial charge on any atom is -0.416 e. The average molecular weight is 365 g/mol. The van der Waals surface area contributed by atoms with E-state index in [1.807, 2.05) is 17.3 Å². The van der Waals surface area contributed by atoms with Crippen LogP contribution < -0.4 is 0 Å². The van der Waals surface area contributed by atoms with Crippen LogP contribution in [0.25, 0.3) is 0 Å². The van der Waals surface area contributed by atoms with Gasteiger partial charge in [-0.1, -0.05) is 11.8 Å². The molecule has 0 spiro atoms. The standard InChI is InChI=1S/C16H23N5O3S/c1-12-18-19-16(24-12)25-11-14(22)21-6-3-4-13(10-21)15-17-5-7-20(15)8-9-23-2/h5,7,13H,3-4,6,8-11H2,1-2H3/t13-/m1/s1. The van der Waals surface area contributed by atoms with Crippen LogP contribution in [-0.2, 0) is 16.1 Å². The molecule has 8 nitrogen and oxygen atoms in total. The van der Waals surface area contributed by atoms with Gasteiger partial charge in [0, 0.05) is 52.0 Å². The van der Waals surface area contributed by atoms with Gasteiger partial charge in [0.2, 0.25) is 11.8 Å². The van der Waals surface area contributed by atoms with E-state index in [0.29, 0.717) is 30.0 Å². The number of aromatic nitrogens is 4. The van der Waals surface area contributed by atoms with Crippen LogP contribution in [0.2, 0.25) is 0 Å². The number of rotatable bonds is 7. The van der Waals surface area contributed by atoms with Gasteiger partial charge >= 0.3 is 0 Å². The highest BCUT2D eigenvalue weighted by Gasteiger charge is 2.27. The molecule has 1 aliphatic heterocycles. The number of hydrogen-bond donors (Lipinski definition) is 0. The number of likely N-dealkylation sites (tertiary alicyclic amines) is 1. The fraction of sp³-hybridized carbons (Fsp3) is 0.625. The lowest BCUT2D eigenvalue weighted by Crippen LogP contribution is -2.40. The molecule has 1 fully saturated rings. The second-order valence-corrected chi connectivity index (χ2v) is 6.95. The second kappa shape index (κ2) is 8.48. The summed E-state index contributed by atoms with van der Waals surface area (Å²) in [6.45, 7) is 4.66. The number of imidazole rings is 1. The lowest BCUT2D eigenvalue weighted by atomic mass is 9.97. The molecule has 2 aromatic rings. The Bertz CT molecular complexity index is 702. The molecule has 136 valence electrons. The van der Waals surface area contributed by atoms with Gasteiger partial charge in [-0.2, -0.15) is 0 Å². The summed E-state index contributed by atoms with van der Waals surface area (Å²) in [6.07, 6.45) is 5.82. The number of thioether (sulfide) groups is 1. The van der Waals surface area contributed by atoms with E-state index in [-0.39, 0.29) is 11.8 Å². The van der Waals surface area contributed by atoms with Crippen molar-refractivity contribution in [3.05, 3.63) is 24.1 Å². The van der Waals surface area contributed by atoms with Gasteiger partial charge in [-0.3, -0.25) is 4.79 Å². The number of amides is 1. The number of piperidine rings is 1. The number of methoxy groups -OCH3 is 1. The van der Waals surface area contributed by atoms with Gasteiger partial charge in [0.25, 0.3) is 5.22 Å². The van der Waals surface area contributed by atoms with Crippen molar-refractivity contribution >= 4 is 17.7 Å². The Morgan fingerprint density at radius 3 is 3.12 bits per heavy atom. The summed E-state index contributed by atoms with van der Waals surface area (Å²) in [7, 11) is 1.69. The first-order valence-electron chi connectivity index (χ1n) is 8.38. The van der Waals surface area contributed by atoms with Crippen LogP contribution >= 0.6 is 11.8 Å². The van der Waals surface area contributed by atoms with Gasteiger partial charge in [0.1, 0.15) is 5.82 Å². The zero-order valence-electron chi connectivity index (χ0n) is 14.6. The predicted octanol–water partition coefficient (Wildman–Crippen LogP) is 1.72. The van der Waals surface area contributed by atoms with Gasteiger partial charge in [-0.15, -0.1) is 10.2 Å². The normalized spacial score (nSPS) is 17.8. The largest absolute Gasteiger partial charge is 0.416 e. The van der Waals surface area contributed by atoms with E-state index in [2.05, 4.69) is 19.7 Å². The van der Waals surface area contributed by atoms with Crippen LogP contribution in [0, 0.1) is 6.92 Å². The number of ether oxygens (including phenoxy) is 1. The molecule has 25 heavy (non-hydrogen) atoms. The Balaban J connectivity index is 1.57. The summed E-state index contributed by atoms with van der Waals surface area (Å²) in [5.41, 5.74) is 0. The van der Waals surface area contributed by atoms with Crippen LogP contribution in [0.4, 0.5) is 0 Å². The summed E-state index contributed by atoms with van der Waals surface area (Å²) in [6, 6.07) is 0. The van der Waals surface area contributed by atoms with Crippen molar-refractivity contribution in [2.75, 3.05) is 32.6 Å². The smallest absolute Gasteiger partial charge is 0.277 e. The summed E-state index contributed by atoms with van der Waals surface area (Å²) in [5, 5.41) is 8.12. The maximum absolute atomic E-state index is 12.5. The molecule has 0 aliphatic carbocycles. The summed E-state index contributed by atoms with van der Waals surface area (Å²) in [4.78, 5) is 18.9. The average Bonchev–Trinajstić information content (AvgIpc) is 3.26. The van der Waals surface area contributed by atoms with E-state index in [4.69, 9.17) is 9.15 Å². The maximum Gasteiger partial charge on any atom is 0.277 e. The Labute approximate surface area is 150 Å². The first kappa shape index (κ1) is 17.9. The van der Waals surface area contributed by atoms with Crippen molar-refractivity contribution in [1.29, 1.82) is 0 Å². The quantitative estimate of drug-likeness (QED) is 0.691. The van der Waals surface area contributed by atoms with Gasteiger partial charge in [-0.25, -0.2) is 4.98 Å². The number of aryl methyl sites for hydroxylation is 1. The molecule has 1 saturated heterocycles. The molecular weight excluding hydrogens is 342 g/mol. The summed E-state index contributed by atoms with van der Waals surface area (Å²) >= 11 is 1.29. The summed E-state index contributed by atoms with van der Waals surface area (Å²) in [5.74, 6) is 2.22. The van der Waals surface area contributed by atoms with Crippen molar-refractivity contribution < 1.29 is 13.9 Å². The molecule has 1 aliphatic rings. The predicted molar refractivity (Wildman–Crippen MR) is 92.4 cm³/mol. The lowest BCUT2D eigenvalue weighted by Gasteiger charge is -2.32. The molecule has 9 heteroatoms. The summed E-state index contributed by atoms with van der Waals surface area (Å²) < 4.78 is 12.6.